The summed E-state index contributed by atoms with van der Waals surface area (Å²) in [6.45, 7) is -0.187. The summed E-state index contributed by atoms with van der Waals surface area (Å²) >= 11 is 1.56. The number of alkyl halides is 3. The van der Waals surface area contributed by atoms with E-state index in [1.165, 1.54) is 0 Å². The lowest BCUT2D eigenvalue weighted by molar-refractivity contribution is -0.275. The Morgan fingerprint density at radius 2 is 2.18 bits per heavy atom. The maximum absolute atomic E-state index is 12.1. The third kappa shape index (κ3) is 3.70. The quantitative estimate of drug-likeness (QED) is 0.801. The second kappa shape index (κ2) is 5.04. The maximum atomic E-state index is 12.1. The number of nitrogens with two attached hydrogens (primary N) is 1. The SMILES string of the molecule is NCc1nc(C(=O)O)cc(OC(F)(F)F)c1I. The van der Waals surface area contributed by atoms with E-state index in [0.29, 0.717) is 6.07 Å². The number of nitrogens with zero attached hydrogens (tertiary/aromatic N) is 1. The molecule has 0 saturated carbocycles. The van der Waals surface area contributed by atoms with Crippen molar-refractivity contribution >= 4 is 28.6 Å². The van der Waals surface area contributed by atoms with E-state index in [1.54, 1.807) is 22.6 Å². The van der Waals surface area contributed by atoms with Gasteiger partial charge in [0.25, 0.3) is 0 Å². The number of halogens is 4. The number of aromatic nitrogens is 1. The number of carboxylic acids is 1. The van der Waals surface area contributed by atoms with Gasteiger partial charge < -0.3 is 15.6 Å². The van der Waals surface area contributed by atoms with Crippen molar-refractivity contribution in [2.45, 2.75) is 12.9 Å². The van der Waals surface area contributed by atoms with E-state index in [4.69, 9.17) is 10.8 Å². The van der Waals surface area contributed by atoms with Crippen LogP contribution in [0.25, 0.3) is 0 Å². The predicted octanol–water partition coefficient (Wildman–Crippen LogP) is 1.74. The standard InChI is InChI=1S/C8H6F3IN2O3/c9-8(10,11)17-5-1-3(7(15)16)14-4(2-13)6(5)12/h1H,2,13H2,(H,15,16). The topological polar surface area (TPSA) is 85.4 Å². The third-order valence-corrected chi connectivity index (χ3v) is 2.79. The molecule has 9 heteroatoms. The molecule has 5 nitrogen and oxygen atoms in total. The molecule has 3 N–H and O–H groups in total. The lowest BCUT2D eigenvalue weighted by atomic mass is 10.3. The number of carboxylic acid groups (broad SMARTS) is 1. The Hall–Kier alpha value is -1.10. The highest BCUT2D eigenvalue weighted by Crippen LogP contribution is 2.29. The summed E-state index contributed by atoms with van der Waals surface area (Å²) in [5, 5.41) is 8.68. The second-order valence-electron chi connectivity index (χ2n) is 2.82. The minimum atomic E-state index is -4.90. The van der Waals surface area contributed by atoms with Gasteiger partial charge in [0.15, 0.2) is 5.69 Å². The molecule has 94 valence electrons. The van der Waals surface area contributed by atoms with Gasteiger partial charge in [0.05, 0.1) is 9.26 Å². The van der Waals surface area contributed by atoms with Crippen LogP contribution in [0.4, 0.5) is 13.2 Å². The van der Waals surface area contributed by atoms with Crippen LogP contribution in [0.2, 0.25) is 0 Å². The molecule has 0 saturated heterocycles. The van der Waals surface area contributed by atoms with Gasteiger partial charge in [-0.3, -0.25) is 0 Å². The number of hydrogen-bond donors (Lipinski definition) is 2. The van der Waals surface area contributed by atoms with Gasteiger partial charge in [-0.1, -0.05) is 0 Å². The largest absolute Gasteiger partial charge is 0.573 e. The summed E-state index contributed by atoms with van der Waals surface area (Å²) < 4.78 is 39.9. The average Bonchev–Trinajstić information content (AvgIpc) is 2.18. The number of hydrogen-bond acceptors (Lipinski definition) is 4. The summed E-state index contributed by atoms with van der Waals surface area (Å²) in [7, 11) is 0. The molecule has 1 aromatic rings. The van der Waals surface area contributed by atoms with Crippen molar-refractivity contribution in [1.82, 2.24) is 4.98 Å². The molecule has 0 radical (unpaired) electrons. The number of rotatable bonds is 3. The van der Waals surface area contributed by atoms with Crippen LogP contribution in [0.15, 0.2) is 6.07 Å². The van der Waals surface area contributed by atoms with Crippen LogP contribution in [-0.2, 0) is 6.54 Å². The maximum Gasteiger partial charge on any atom is 0.573 e. The van der Waals surface area contributed by atoms with Crippen molar-refractivity contribution in [1.29, 1.82) is 0 Å². The summed E-state index contributed by atoms with van der Waals surface area (Å²) in [4.78, 5) is 14.3. The van der Waals surface area contributed by atoms with Crippen LogP contribution in [0, 0.1) is 3.57 Å². The van der Waals surface area contributed by atoms with E-state index in [0.717, 1.165) is 0 Å². The zero-order valence-electron chi connectivity index (χ0n) is 8.08. The Morgan fingerprint density at radius 3 is 2.59 bits per heavy atom. The lowest BCUT2D eigenvalue weighted by Crippen LogP contribution is -2.20. The van der Waals surface area contributed by atoms with E-state index in [9.17, 15) is 18.0 Å². The van der Waals surface area contributed by atoms with E-state index in [-0.39, 0.29) is 15.8 Å². The van der Waals surface area contributed by atoms with Gasteiger partial charge in [0, 0.05) is 12.6 Å². The van der Waals surface area contributed by atoms with Crippen molar-refractivity contribution in [3.05, 3.63) is 21.0 Å². The molecule has 0 bridgehead atoms. The highest BCUT2D eigenvalue weighted by Gasteiger charge is 2.33. The van der Waals surface area contributed by atoms with Crippen LogP contribution in [0.1, 0.15) is 16.2 Å². The summed E-state index contributed by atoms with van der Waals surface area (Å²) in [6.07, 6.45) is -4.90. The lowest BCUT2D eigenvalue weighted by Gasteiger charge is -2.13. The van der Waals surface area contributed by atoms with E-state index in [2.05, 4.69) is 9.72 Å². The summed E-state index contributed by atoms with van der Waals surface area (Å²) in [5.41, 5.74) is 4.74. The molecule has 0 unspecified atom stereocenters. The van der Waals surface area contributed by atoms with Gasteiger partial charge in [-0.2, -0.15) is 0 Å². The van der Waals surface area contributed by atoms with E-state index >= 15 is 0 Å². The van der Waals surface area contributed by atoms with Crippen LogP contribution in [0.3, 0.4) is 0 Å². The summed E-state index contributed by atoms with van der Waals surface area (Å²) in [5.74, 6) is -2.07. The van der Waals surface area contributed by atoms with Crippen molar-refractivity contribution in [2.24, 2.45) is 5.73 Å². The molecule has 0 aromatic carbocycles. The molecule has 0 aliphatic heterocycles. The molecule has 17 heavy (non-hydrogen) atoms. The zero-order chi connectivity index (χ0) is 13.2. The van der Waals surface area contributed by atoms with Gasteiger partial charge in [0.2, 0.25) is 0 Å². The average molecular weight is 362 g/mol. The fourth-order valence-electron chi connectivity index (χ4n) is 1.00. The number of ether oxygens (including phenoxy) is 1. The van der Waals surface area contributed by atoms with Gasteiger partial charge >= 0.3 is 12.3 Å². The third-order valence-electron chi connectivity index (χ3n) is 1.63. The Balaban J connectivity index is 3.28. The van der Waals surface area contributed by atoms with Crippen LogP contribution >= 0.6 is 22.6 Å². The molecule has 1 aromatic heterocycles. The molecule has 0 fully saturated rings. The zero-order valence-corrected chi connectivity index (χ0v) is 10.2. The van der Waals surface area contributed by atoms with Gasteiger partial charge in [-0.05, 0) is 22.6 Å². The minimum Gasteiger partial charge on any atom is -0.477 e. The van der Waals surface area contributed by atoms with Crippen LogP contribution in [-0.4, -0.2) is 22.4 Å². The van der Waals surface area contributed by atoms with Gasteiger partial charge in [-0.15, -0.1) is 13.2 Å². The van der Waals surface area contributed by atoms with E-state index in [1.807, 2.05) is 0 Å². The Kier molecular flexibility index (Phi) is 4.14. The van der Waals surface area contributed by atoms with Crippen molar-refractivity contribution in [3.8, 4) is 5.75 Å². The first-order valence-electron chi connectivity index (χ1n) is 4.13. The van der Waals surface area contributed by atoms with Crippen molar-refractivity contribution in [3.63, 3.8) is 0 Å². The van der Waals surface area contributed by atoms with Crippen LogP contribution in [0.5, 0.6) is 5.75 Å². The number of aromatic carboxylic acids is 1. The number of carbonyl (C=O) groups is 1. The smallest absolute Gasteiger partial charge is 0.477 e. The first-order chi connectivity index (χ1) is 7.74. The Bertz CT molecular complexity index is 450. The molecule has 1 rings (SSSR count). The number of pyridine rings is 1. The molecule has 0 amide bonds. The molecule has 0 atom stereocenters. The molecular weight excluding hydrogens is 356 g/mol. The fraction of sp³-hybridized carbons (Fsp3) is 0.250. The van der Waals surface area contributed by atoms with Crippen LogP contribution < -0.4 is 10.5 Å². The second-order valence-corrected chi connectivity index (χ2v) is 3.90. The Labute approximate surface area is 107 Å². The fourth-order valence-corrected chi connectivity index (χ4v) is 1.61. The van der Waals surface area contributed by atoms with Crippen molar-refractivity contribution < 1.29 is 27.8 Å². The molecular formula is C8H6F3IN2O3. The molecule has 1 heterocycles. The normalized spacial score (nSPS) is 11.4. The molecule has 0 spiro atoms. The highest BCUT2D eigenvalue weighted by molar-refractivity contribution is 14.1. The van der Waals surface area contributed by atoms with E-state index < -0.39 is 23.8 Å². The predicted molar refractivity (Wildman–Crippen MR) is 58.5 cm³/mol. The van der Waals surface area contributed by atoms with Crippen molar-refractivity contribution in [2.75, 3.05) is 0 Å². The first kappa shape index (κ1) is 14.0. The first-order valence-corrected chi connectivity index (χ1v) is 5.21. The summed E-state index contributed by atoms with van der Waals surface area (Å²) in [6, 6.07) is 0.705. The van der Waals surface area contributed by atoms with Gasteiger partial charge in [-0.25, -0.2) is 9.78 Å². The van der Waals surface area contributed by atoms with Gasteiger partial charge in [0.1, 0.15) is 5.75 Å². The minimum absolute atomic E-state index is 0.0322. The Morgan fingerprint density at radius 1 is 1.59 bits per heavy atom. The molecule has 0 aliphatic carbocycles. The highest BCUT2D eigenvalue weighted by atomic mass is 127. The monoisotopic (exact) mass is 362 g/mol. The molecule has 0 aliphatic rings.